The number of fused-ring (bicyclic) bond motifs is 1. The molecule has 2 rings (SSSR count). The average Bonchev–Trinajstić information content (AvgIpc) is 2.35. The molecular formula is C14H17NO. The standard InChI is InChI=1S/C14H17NO/c15-9-11-16-10-8-13-6-3-5-12-4-1-2-7-14(12)13/h1-7H,8-11,15H2. The summed E-state index contributed by atoms with van der Waals surface area (Å²) >= 11 is 0. The molecule has 2 aromatic rings. The van der Waals surface area contributed by atoms with Gasteiger partial charge < -0.3 is 10.5 Å². The van der Waals surface area contributed by atoms with Crippen molar-refractivity contribution in [2.24, 2.45) is 5.73 Å². The monoisotopic (exact) mass is 215 g/mol. The predicted molar refractivity (Wildman–Crippen MR) is 67.5 cm³/mol. The molecule has 2 heteroatoms. The van der Waals surface area contributed by atoms with Crippen molar-refractivity contribution >= 4 is 10.8 Å². The number of nitrogens with two attached hydrogens (primary N) is 1. The Hall–Kier alpha value is -1.38. The smallest absolute Gasteiger partial charge is 0.0588 e. The van der Waals surface area contributed by atoms with Crippen molar-refractivity contribution in [3.63, 3.8) is 0 Å². The molecule has 0 atom stereocenters. The minimum Gasteiger partial charge on any atom is -0.380 e. The highest BCUT2D eigenvalue weighted by Gasteiger charge is 1.99. The van der Waals surface area contributed by atoms with Gasteiger partial charge in [0.2, 0.25) is 0 Å². The Morgan fingerprint density at radius 1 is 0.938 bits per heavy atom. The van der Waals surface area contributed by atoms with Crippen LogP contribution in [0.3, 0.4) is 0 Å². The van der Waals surface area contributed by atoms with Crippen LogP contribution in [0.1, 0.15) is 5.56 Å². The van der Waals surface area contributed by atoms with E-state index in [1.54, 1.807) is 0 Å². The average molecular weight is 215 g/mol. The van der Waals surface area contributed by atoms with Gasteiger partial charge in [0.15, 0.2) is 0 Å². The van der Waals surface area contributed by atoms with Gasteiger partial charge in [0.25, 0.3) is 0 Å². The summed E-state index contributed by atoms with van der Waals surface area (Å²) in [7, 11) is 0. The number of ether oxygens (including phenoxy) is 1. The summed E-state index contributed by atoms with van der Waals surface area (Å²) in [4.78, 5) is 0. The maximum Gasteiger partial charge on any atom is 0.0588 e. The van der Waals surface area contributed by atoms with Gasteiger partial charge in [-0.25, -0.2) is 0 Å². The third-order valence-corrected chi connectivity index (χ3v) is 2.66. The van der Waals surface area contributed by atoms with Gasteiger partial charge in [-0.15, -0.1) is 0 Å². The van der Waals surface area contributed by atoms with Gasteiger partial charge in [-0.1, -0.05) is 42.5 Å². The lowest BCUT2D eigenvalue weighted by Crippen LogP contribution is -2.10. The molecule has 2 aromatic carbocycles. The second-order valence-corrected chi connectivity index (χ2v) is 3.79. The third-order valence-electron chi connectivity index (χ3n) is 2.66. The van der Waals surface area contributed by atoms with E-state index in [-0.39, 0.29) is 0 Å². The minimum atomic E-state index is 0.593. The predicted octanol–water partition coefficient (Wildman–Crippen LogP) is 2.36. The van der Waals surface area contributed by atoms with Gasteiger partial charge >= 0.3 is 0 Å². The molecule has 0 saturated heterocycles. The van der Waals surface area contributed by atoms with Crippen molar-refractivity contribution in [2.75, 3.05) is 19.8 Å². The molecule has 0 aliphatic carbocycles. The molecule has 0 bridgehead atoms. The SMILES string of the molecule is NCCOCCc1cccc2ccccc12. The van der Waals surface area contributed by atoms with Gasteiger partial charge in [-0.05, 0) is 22.8 Å². The summed E-state index contributed by atoms with van der Waals surface area (Å²) in [5, 5.41) is 2.61. The van der Waals surface area contributed by atoms with Crippen molar-refractivity contribution in [3.05, 3.63) is 48.0 Å². The van der Waals surface area contributed by atoms with Crippen molar-refractivity contribution in [1.29, 1.82) is 0 Å². The third kappa shape index (κ3) is 2.60. The first-order valence-corrected chi connectivity index (χ1v) is 5.66. The van der Waals surface area contributed by atoms with Crippen LogP contribution in [0.5, 0.6) is 0 Å². The molecule has 0 aliphatic rings. The first-order valence-electron chi connectivity index (χ1n) is 5.66. The van der Waals surface area contributed by atoms with E-state index in [4.69, 9.17) is 10.5 Å². The summed E-state index contributed by atoms with van der Waals surface area (Å²) in [6.45, 7) is 1.98. The highest BCUT2D eigenvalue weighted by atomic mass is 16.5. The summed E-state index contributed by atoms with van der Waals surface area (Å²) in [5.41, 5.74) is 6.72. The van der Waals surface area contributed by atoms with E-state index in [1.165, 1.54) is 16.3 Å². The Bertz CT molecular complexity index is 448. The molecular weight excluding hydrogens is 198 g/mol. The first-order chi connectivity index (χ1) is 7.92. The van der Waals surface area contributed by atoms with Gasteiger partial charge in [-0.2, -0.15) is 0 Å². The molecule has 0 fully saturated rings. The fourth-order valence-corrected chi connectivity index (χ4v) is 1.88. The molecule has 16 heavy (non-hydrogen) atoms. The first kappa shape index (κ1) is 11.1. The quantitative estimate of drug-likeness (QED) is 0.777. The van der Waals surface area contributed by atoms with Crippen molar-refractivity contribution < 1.29 is 4.74 Å². The Morgan fingerprint density at radius 2 is 1.75 bits per heavy atom. The van der Waals surface area contributed by atoms with Crippen LogP contribution in [0, 0.1) is 0 Å². The Morgan fingerprint density at radius 3 is 2.62 bits per heavy atom. The second kappa shape index (κ2) is 5.64. The molecule has 0 spiro atoms. The molecule has 0 aliphatic heterocycles. The Labute approximate surface area is 96.0 Å². The normalized spacial score (nSPS) is 10.8. The molecule has 0 unspecified atom stereocenters. The van der Waals surface area contributed by atoms with Crippen molar-refractivity contribution in [1.82, 2.24) is 0 Å². The summed E-state index contributed by atoms with van der Waals surface area (Å²) in [6, 6.07) is 14.8. The summed E-state index contributed by atoms with van der Waals surface area (Å²) < 4.78 is 5.41. The minimum absolute atomic E-state index is 0.593. The van der Waals surface area contributed by atoms with Crippen LogP contribution in [0.15, 0.2) is 42.5 Å². The largest absolute Gasteiger partial charge is 0.380 e. The zero-order chi connectivity index (χ0) is 11.2. The van der Waals surface area contributed by atoms with Crippen molar-refractivity contribution in [2.45, 2.75) is 6.42 Å². The number of hydrogen-bond acceptors (Lipinski definition) is 2. The highest BCUT2D eigenvalue weighted by molar-refractivity contribution is 5.85. The van der Waals surface area contributed by atoms with E-state index >= 15 is 0 Å². The molecule has 2 N–H and O–H groups in total. The lowest BCUT2D eigenvalue weighted by molar-refractivity contribution is 0.145. The van der Waals surface area contributed by atoms with Crippen molar-refractivity contribution in [3.8, 4) is 0 Å². The molecule has 0 radical (unpaired) electrons. The van der Waals surface area contributed by atoms with E-state index in [2.05, 4.69) is 42.5 Å². The Balaban J connectivity index is 2.11. The Kier molecular flexibility index (Phi) is 3.91. The van der Waals surface area contributed by atoms with E-state index in [0.29, 0.717) is 13.2 Å². The van der Waals surface area contributed by atoms with Crippen LogP contribution < -0.4 is 5.73 Å². The fraction of sp³-hybridized carbons (Fsp3) is 0.286. The second-order valence-electron chi connectivity index (χ2n) is 3.79. The summed E-state index contributed by atoms with van der Waals surface area (Å²) in [6.07, 6.45) is 0.946. The van der Waals surface area contributed by atoms with Crippen LogP contribution in [-0.4, -0.2) is 19.8 Å². The van der Waals surface area contributed by atoms with E-state index in [9.17, 15) is 0 Å². The zero-order valence-electron chi connectivity index (χ0n) is 9.36. The highest BCUT2D eigenvalue weighted by Crippen LogP contribution is 2.18. The van der Waals surface area contributed by atoms with Crippen LogP contribution in [0.4, 0.5) is 0 Å². The van der Waals surface area contributed by atoms with E-state index < -0.39 is 0 Å². The number of rotatable bonds is 5. The molecule has 0 saturated carbocycles. The number of benzene rings is 2. The van der Waals surface area contributed by atoms with E-state index in [1.807, 2.05) is 0 Å². The molecule has 2 nitrogen and oxygen atoms in total. The molecule has 84 valence electrons. The maximum atomic E-state index is 5.41. The molecule has 0 aromatic heterocycles. The molecule has 0 amide bonds. The lowest BCUT2D eigenvalue weighted by atomic mass is 10.0. The maximum absolute atomic E-state index is 5.41. The van der Waals surface area contributed by atoms with Gasteiger partial charge in [0.1, 0.15) is 0 Å². The topological polar surface area (TPSA) is 35.2 Å². The zero-order valence-corrected chi connectivity index (χ0v) is 9.36. The van der Waals surface area contributed by atoms with Crippen LogP contribution in [0.2, 0.25) is 0 Å². The lowest BCUT2D eigenvalue weighted by Gasteiger charge is -2.06. The fourth-order valence-electron chi connectivity index (χ4n) is 1.88. The van der Waals surface area contributed by atoms with Crippen LogP contribution >= 0.6 is 0 Å². The van der Waals surface area contributed by atoms with Crippen LogP contribution in [-0.2, 0) is 11.2 Å². The van der Waals surface area contributed by atoms with E-state index in [0.717, 1.165) is 13.0 Å². The van der Waals surface area contributed by atoms with Gasteiger partial charge in [0.05, 0.1) is 13.2 Å². The van der Waals surface area contributed by atoms with Gasteiger partial charge in [0, 0.05) is 6.54 Å². The van der Waals surface area contributed by atoms with Gasteiger partial charge in [-0.3, -0.25) is 0 Å². The van der Waals surface area contributed by atoms with Crippen LogP contribution in [0.25, 0.3) is 10.8 Å². The molecule has 0 heterocycles. The number of hydrogen-bond donors (Lipinski definition) is 1. The summed E-state index contributed by atoms with van der Waals surface area (Å²) in [5.74, 6) is 0.